The van der Waals surface area contributed by atoms with Crippen LogP contribution in [0.25, 0.3) is 0 Å². The molecule has 0 aromatic carbocycles. The Morgan fingerprint density at radius 2 is 2.40 bits per heavy atom. The van der Waals surface area contributed by atoms with E-state index in [2.05, 4.69) is 0 Å². The molecule has 0 spiro atoms. The minimum Gasteiger partial charge on any atom is -0.386 e. The Morgan fingerprint density at radius 3 is 2.93 bits per heavy atom. The molecule has 1 aliphatic heterocycles. The van der Waals surface area contributed by atoms with Crippen LogP contribution in [0.4, 0.5) is 0 Å². The molecule has 15 heavy (non-hydrogen) atoms. The third kappa shape index (κ3) is 2.06. The van der Waals surface area contributed by atoms with Crippen molar-refractivity contribution in [1.29, 1.82) is 0 Å². The fourth-order valence-corrected chi connectivity index (χ4v) is 2.68. The van der Waals surface area contributed by atoms with Crippen LogP contribution in [0.15, 0.2) is 17.5 Å². The first-order valence-electron chi connectivity index (χ1n) is 5.20. The summed E-state index contributed by atoms with van der Waals surface area (Å²) >= 11 is 1.45. The minimum atomic E-state index is -0.623. The fraction of sp³-hybridized carbons (Fsp3) is 0.545. The van der Waals surface area contributed by atoms with Crippen LogP contribution in [0.3, 0.4) is 0 Å². The van der Waals surface area contributed by atoms with E-state index in [4.69, 9.17) is 0 Å². The van der Waals surface area contributed by atoms with Gasteiger partial charge in [0.2, 0.25) is 0 Å². The zero-order valence-electron chi connectivity index (χ0n) is 8.77. The third-order valence-electron chi connectivity index (χ3n) is 2.70. The first kappa shape index (κ1) is 10.6. The molecule has 2 heterocycles. The van der Waals surface area contributed by atoms with Crippen molar-refractivity contribution in [3.63, 3.8) is 0 Å². The van der Waals surface area contributed by atoms with Gasteiger partial charge in [0.1, 0.15) is 0 Å². The Morgan fingerprint density at radius 1 is 1.67 bits per heavy atom. The number of hydrogen-bond donors (Lipinski definition) is 1. The molecule has 1 aliphatic rings. The number of aliphatic hydroxyl groups is 1. The Hall–Kier alpha value is -0.870. The average molecular weight is 225 g/mol. The molecule has 0 bridgehead atoms. The van der Waals surface area contributed by atoms with Gasteiger partial charge >= 0.3 is 0 Å². The number of carbonyl (C=O) groups is 1. The first-order valence-corrected chi connectivity index (χ1v) is 6.08. The molecule has 0 atom stereocenters. The zero-order chi connectivity index (χ0) is 10.9. The second kappa shape index (κ2) is 3.94. The van der Waals surface area contributed by atoms with Crippen LogP contribution < -0.4 is 0 Å². The Bertz CT molecular complexity index is 341. The van der Waals surface area contributed by atoms with Crippen molar-refractivity contribution in [2.24, 2.45) is 0 Å². The van der Waals surface area contributed by atoms with Crippen molar-refractivity contribution in [2.75, 3.05) is 13.1 Å². The van der Waals surface area contributed by atoms with Crippen LogP contribution in [0.1, 0.15) is 29.4 Å². The van der Waals surface area contributed by atoms with E-state index in [9.17, 15) is 9.90 Å². The first-order chi connectivity index (χ1) is 7.14. The van der Waals surface area contributed by atoms with Gasteiger partial charge in [0.15, 0.2) is 0 Å². The van der Waals surface area contributed by atoms with Gasteiger partial charge in [-0.3, -0.25) is 4.79 Å². The molecule has 1 aromatic rings. The van der Waals surface area contributed by atoms with Crippen LogP contribution >= 0.6 is 11.3 Å². The summed E-state index contributed by atoms with van der Waals surface area (Å²) in [5, 5.41) is 11.8. The molecule has 4 heteroatoms. The summed E-state index contributed by atoms with van der Waals surface area (Å²) in [5.41, 5.74) is -0.623. The van der Waals surface area contributed by atoms with E-state index in [0.29, 0.717) is 13.1 Å². The molecule has 1 amide bonds. The predicted molar refractivity (Wildman–Crippen MR) is 60.1 cm³/mol. The minimum absolute atomic E-state index is 0.0470. The number of amides is 1. The van der Waals surface area contributed by atoms with Crippen LogP contribution in [0.5, 0.6) is 0 Å². The lowest BCUT2D eigenvalue weighted by molar-refractivity contribution is -0.0858. The van der Waals surface area contributed by atoms with Crippen LogP contribution in [-0.2, 0) is 0 Å². The second-order valence-corrected chi connectivity index (χ2v) is 5.06. The fourth-order valence-electron chi connectivity index (χ4n) is 1.99. The largest absolute Gasteiger partial charge is 0.386 e. The average Bonchev–Trinajstić information content (AvgIpc) is 2.66. The summed E-state index contributed by atoms with van der Waals surface area (Å²) in [6, 6.07) is 3.69. The maximum atomic E-state index is 11.8. The maximum Gasteiger partial charge on any atom is 0.264 e. The number of nitrogens with zero attached hydrogens (tertiary/aromatic N) is 1. The van der Waals surface area contributed by atoms with Crippen LogP contribution in [0.2, 0.25) is 0 Å². The van der Waals surface area contributed by atoms with Gasteiger partial charge in [-0.1, -0.05) is 19.4 Å². The summed E-state index contributed by atoms with van der Waals surface area (Å²) in [6.07, 6.45) is 1.73. The number of hydrogen-bond acceptors (Lipinski definition) is 3. The van der Waals surface area contributed by atoms with Gasteiger partial charge in [-0.25, -0.2) is 0 Å². The Kier molecular flexibility index (Phi) is 2.80. The van der Waals surface area contributed by atoms with E-state index >= 15 is 0 Å². The molecule has 3 nitrogen and oxygen atoms in total. The van der Waals surface area contributed by atoms with Crippen molar-refractivity contribution >= 4 is 17.2 Å². The summed E-state index contributed by atoms with van der Waals surface area (Å²) in [6.45, 7) is 3.01. The van der Waals surface area contributed by atoms with Gasteiger partial charge in [-0.15, -0.1) is 11.3 Å². The molecule has 1 aromatic heterocycles. The van der Waals surface area contributed by atoms with E-state index < -0.39 is 5.60 Å². The highest BCUT2D eigenvalue weighted by Crippen LogP contribution is 2.27. The number of β-amino-alcohol motifs (C(OH)–C–C–N with tert-alkyl or cyclic N) is 1. The van der Waals surface area contributed by atoms with E-state index in [1.54, 1.807) is 4.90 Å². The van der Waals surface area contributed by atoms with Gasteiger partial charge < -0.3 is 10.0 Å². The molecule has 0 aliphatic carbocycles. The molecule has 2 rings (SSSR count). The summed E-state index contributed by atoms with van der Waals surface area (Å²) in [4.78, 5) is 14.3. The maximum absolute atomic E-state index is 11.8. The summed E-state index contributed by atoms with van der Waals surface area (Å²) in [7, 11) is 0. The lowest BCUT2D eigenvalue weighted by Crippen LogP contribution is -2.63. The van der Waals surface area contributed by atoms with Crippen molar-refractivity contribution in [1.82, 2.24) is 4.90 Å². The second-order valence-electron chi connectivity index (χ2n) is 4.11. The smallest absolute Gasteiger partial charge is 0.264 e. The standard InChI is InChI=1S/C11H15NO2S/c1-2-5-11(14)7-12(8-11)10(13)9-4-3-6-15-9/h3-4,6,14H,2,5,7-8H2,1H3. The molecule has 82 valence electrons. The number of thiophene rings is 1. The Balaban J connectivity index is 1.92. The van der Waals surface area contributed by atoms with E-state index in [1.165, 1.54) is 11.3 Å². The lowest BCUT2D eigenvalue weighted by Gasteiger charge is -2.46. The quantitative estimate of drug-likeness (QED) is 0.851. The SMILES string of the molecule is CCCC1(O)CN(C(=O)c2cccs2)C1. The third-order valence-corrected chi connectivity index (χ3v) is 3.56. The molecular formula is C11H15NO2S. The zero-order valence-corrected chi connectivity index (χ0v) is 9.59. The van der Waals surface area contributed by atoms with Crippen molar-refractivity contribution < 1.29 is 9.90 Å². The molecule has 0 saturated carbocycles. The van der Waals surface area contributed by atoms with Gasteiger partial charge in [0, 0.05) is 0 Å². The highest BCUT2D eigenvalue weighted by molar-refractivity contribution is 7.12. The number of rotatable bonds is 3. The van der Waals surface area contributed by atoms with Gasteiger partial charge in [-0.05, 0) is 17.9 Å². The van der Waals surface area contributed by atoms with Crippen LogP contribution in [-0.4, -0.2) is 34.6 Å². The summed E-state index contributed by atoms with van der Waals surface area (Å²) in [5.74, 6) is 0.0470. The van der Waals surface area contributed by atoms with Gasteiger partial charge in [0.05, 0.1) is 23.6 Å². The van der Waals surface area contributed by atoms with Crippen molar-refractivity contribution in [2.45, 2.75) is 25.4 Å². The highest BCUT2D eigenvalue weighted by Gasteiger charge is 2.42. The topological polar surface area (TPSA) is 40.5 Å². The van der Waals surface area contributed by atoms with E-state index in [0.717, 1.165) is 17.7 Å². The van der Waals surface area contributed by atoms with Crippen LogP contribution in [0, 0.1) is 0 Å². The molecule has 1 fully saturated rings. The molecule has 1 N–H and O–H groups in total. The van der Waals surface area contributed by atoms with E-state index in [1.807, 2.05) is 24.4 Å². The highest BCUT2D eigenvalue weighted by atomic mass is 32.1. The van der Waals surface area contributed by atoms with E-state index in [-0.39, 0.29) is 5.91 Å². The number of carbonyl (C=O) groups excluding carboxylic acids is 1. The lowest BCUT2D eigenvalue weighted by atomic mass is 9.89. The summed E-state index contributed by atoms with van der Waals surface area (Å²) < 4.78 is 0. The molecule has 0 radical (unpaired) electrons. The molecule has 0 unspecified atom stereocenters. The van der Waals surface area contributed by atoms with Gasteiger partial charge in [-0.2, -0.15) is 0 Å². The molecular weight excluding hydrogens is 210 g/mol. The normalized spacial score (nSPS) is 18.7. The monoisotopic (exact) mass is 225 g/mol. The molecule has 1 saturated heterocycles. The Labute approximate surface area is 93.3 Å². The van der Waals surface area contributed by atoms with Gasteiger partial charge in [0.25, 0.3) is 5.91 Å². The van der Waals surface area contributed by atoms with Crippen molar-refractivity contribution in [3.8, 4) is 0 Å². The van der Waals surface area contributed by atoms with Crippen molar-refractivity contribution in [3.05, 3.63) is 22.4 Å². The number of likely N-dealkylation sites (tertiary alicyclic amines) is 1. The predicted octanol–water partition coefficient (Wildman–Crippen LogP) is 1.74.